The van der Waals surface area contributed by atoms with Crippen LogP contribution in [0.1, 0.15) is 15.9 Å². The highest BCUT2D eigenvalue weighted by atomic mass is 79.9. The topological polar surface area (TPSA) is 55.1 Å². The zero-order valence-corrected chi connectivity index (χ0v) is 11.6. The molecule has 0 atom stereocenters. The molecular formula is C14H12BrFN2O. The van der Waals surface area contributed by atoms with Crippen LogP contribution in [-0.2, 0) is 6.54 Å². The lowest BCUT2D eigenvalue weighted by atomic mass is 10.2. The van der Waals surface area contributed by atoms with Gasteiger partial charge in [0.25, 0.3) is 0 Å². The van der Waals surface area contributed by atoms with Crippen molar-refractivity contribution in [1.82, 2.24) is 0 Å². The predicted molar refractivity (Wildman–Crippen MR) is 76.4 cm³/mol. The minimum Gasteiger partial charge on any atom is -0.381 e. The molecule has 0 aliphatic rings. The SMILES string of the molecule is NC(=O)c1ccc(NCc2ccc(Br)cc2F)cc1. The minimum absolute atomic E-state index is 0.268. The molecule has 98 valence electrons. The lowest BCUT2D eigenvalue weighted by molar-refractivity contribution is 0.100. The number of hydrogen-bond acceptors (Lipinski definition) is 2. The number of halogens is 2. The first-order valence-electron chi connectivity index (χ1n) is 5.64. The van der Waals surface area contributed by atoms with E-state index in [1.807, 2.05) is 0 Å². The second-order valence-corrected chi connectivity index (χ2v) is 4.95. The van der Waals surface area contributed by atoms with E-state index in [0.29, 0.717) is 22.1 Å². The third-order valence-electron chi connectivity index (χ3n) is 2.67. The van der Waals surface area contributed by atoms with Crippen LogP contribution in [0.2, 0.25) is 0 Å². The van der Waals surface area contributed by atoms with Gasteiger partial charge in [0.05, 0.1) is 0 Å². The van der Waals surface area contributed by atoms with Crippen molar-refractivity contribution in [1.29, 1.82) is 0 Å². The highest BCUT2D eigenvalue weighted by Gasteiger charge is 2.03. The smallest absolute Gasteiger partial charge is 0.248 e. The Balaban J connectivity index is 2.04. The van der Waals surface area contributed by atoms with Crippen LogP contribution in [0, 0.1) is 5.82 Å². The zero-order valence-electron chi connectivity index (χ0n) is 9.99. The van der Waals surface area contributed by atoms with E-state index in [1.165, 1.54) is 6.07 Å². The summed E-state index contributed by atoms with van der Waals surface area (Å²) in [5.74, 6) is -0.735. The quantitative estimate of drug-likeness (QED) is 0.907. The van der Waals surface area contributed by atoms with Crippen LogP contribution in [0.5, 0.6) is 0 Å². The van der Waals surface area contributed by atoms with Crippen molar-refractivity contribution in [2.45, 2.75) is 6.54 Å². The second kappa shape index (κ2) is 5.84. The van der Waals surface area contributed by atoms with E-state index in [2.05, 4.69) is 21.2 Å². The third kappa shape index (κ3) is 3.54. The largest absolute Gasteiger partial charge is 0.381 e. The zero-order chi connectivity index (χ0) is 13.8. The van der Waals surface area contributed by atoms with E-state index in [-0.39, 0.29) is 5.82 Å². The van der Waals surface area contributed by atoms with E-state index < -0.39 is 5.91 Å². The van der Waals surface area contributed by atoms with E-state index in [4.69, 9.17) is 5.73 Å². The van der Waals surface area contributed by atoms with Crippen molar-refractivity contribution < 1.29 is 9.18 Å². The van der Waals surface area contributed by atoms with Crippen LogP contribution in [0.25, 0.3) is 0 Å². The number of hydrogen-bond donors (Lipinski definition) is 2. The van der Waals surface area contributed by atoms with Gasteiger partial charge in [-0.3, -0.25) is 4.79 Å². The van der Waals surface area contributed by atoms with Gasteiger partial charge in [0.15, 0.2) is 0 Å². The van der Waals surface area contributed by atoms with Gasteiger partial charge in [-0.1, -0.05) is 22.0 Å². The van der Waals surface area contributed by atoms with Crippen LogP contribution in [0.4, 0.5) is 10.1 Å². The van der Waals surface area contributed by atoms with Crippen LogP contribution in [-0.4, -0.2) is 5.91 Å². The Kier molecular flexibility index (Phi) is 4.16. The molecule has 0 heterocycles. The summed E-state index contributed by atoms with van der Waals surface area (Å²) in [6.45, 7) is 0.370. The standard InChI is InChI=1S/C14H12BrFN2O/c15-11-4-1-10(13(16)7-11)8-18-12-5-2-9(3-6-12)14(17)19/h1-7,18H,8H2,(H2,17,19). The molecule has 0 bridgehead atoms. The first-order chi connectivity index (χ1) is 9.06. The van der Waals surface area contributed by atoms with Gasteiger partial charge < -0.3 is 11.1 Å². The van der Waals surface area contributed by atoms with Gasteiger partial charge in [0.1, 0.15) is 5.82 Å². The number of nitrogens with two attached hydrogens (primary N) is 1. The molecule has 0 saturated carbocycles. The average molecular weight is 323 g/mol. The lowest BCUT2D eigenvalue weighted by Gasteiger charge is -2.08. The summed E-state index contributed by atoms with van der Waals surface area (Å²) in [5.41, 5.74) is 6.96. The fourth-order valence-corrected chi connectivity index (χ4v) is 1.95. The summed E-state index contributed by atoms with van der Waals surface area (Å²) in [5, 5.41) is 3.08. The van der Waals surface area contributed by atoms with Crippen molar-refractivity contribution in [3.63, 3.8) is 0 Å². The number of primary amides is 1. The maximum atomic E-state index is 13.6. The molecule has 19 heavy (non-hydrogen) atoms. The maximum absolute atomic E-state index is 13.6. The molecule has 0 unspecified atom stereocenters. The van der Waals surface area contributed by atoms with E-state index in [9.17, 15) is 9.18 Å². The van der Waals surface area contributed by atoms with E-state index in [0.717, 1.165) is 5.69 Å². The van der Waals surface area contributed by atoms with Crippen molar-refractivity contribution in [2.24, 2.45) is 5.73 Å². The summed E-state index contributed by atoms with van der Waals surface area (Å²) in [7, 11) is 0. The van der Waals surface area contributed by atoms with Crippen LogP contribution in [0.3, 0.4) is 0 Å². The molecule has 1 amide bonds. The highest BCUT2D eigenvalue weighted by molar-refractivity contribution is 9.10. The molecule has 3 nitrogen and oxygen atoms in total. The van der Waals surface area contributed by atoms with Gasteiger partial charge in [-0.15, -0.1) is 0 Å². The van der Waals surface area contributed by atoms with Crippen molar-refractivity contribution >= 4 is 27.5 Å². The summed E-state index contributed by atoms with van der Waals surface area (Å²) in [4.78, 5) is 10.9. The molecular weight excluding hydrogens is 311 g/mol. The Bertz CT molecular complexity index is 599. The van der Waals surface area contributed by atoms with Gasteiger partial charge in [-0.25, -0.2) is 4.39 Å². The number of carbonyl (C=O) groups excluding carboxylic acids is 1. The second-order valence-electron chi connectivity index (χ2n) is 4.03. The van der Waals surface area contributed by atoms with E-state index >= 15 is 0 Å². The fourth-order valence-electron chi connectivity index (χ4n) is 1.61. The van der Waals surface area contributed by atoms with Crippen LogP contribution in [0.15, 0.2) is 46.9 Å². The number of benzene rings is 2. The average Bonchev–Trinajstić information content (AvgIpc) is 2.38. The highest BCUT2D eigenvalue weighted by Crippen LogP contribution is 2.17. The third-order valence-corrected chi connectivity index (χ3v) is 3.16. The first-order valence-corrected chi connectivity index (χ1v) is 6.43. The molecule has 2 rings (SSSR count). The predicted octanol–water partition coefficient (Wildman–Crippen LogP) is 3.30. The summed E-state index contributed by atoms with van der Waals surface area (Å²) < 4.78 is 14.3. The van der Waals surface area contributed by atoms with Crippen molar-refractivity contribution in [3.8, 4) is 0 Å². The molecule has 0 aliphatic carbocycles. The number of nitrogens with one attached hydrogen (secondary N) is 1. The Morgan fingerprint density at radius 2 is 1.89 bits per heavy atom. The minimum atomic E-state index is -0.467. The molecule has 3 N–H and O–H groups in total. The number of rotatable bonds is 4. The molecule has 0 fully saturated rings. The molecule has 5 heteroatoms. The normalized spacial score (nSPS) is 10.2. The monoisotopic (exact) mass is 322 g/mol. The summed E-state index contributed by atoms with van der Waals surface area (Å²) >= 11 is 3.21. The van der Waals surface area contributed by atoms with Gasteiger partial charge in [0.2, 0.25) is 5.91 Å². The number of carbonyl (C=O) groups is 1. The fraction of sp³-hybridized carbons (Fsp3) is 0.0714. The van der Waals surface area contributed by atoms with Crippen molar-refractivity contribution in [2.75, 3.05) is 5.32 Å². The van der Waals surface area contributed by atoms with Crippen LogP contribution >= 0.6 is 15.9 Å². The first kappa shape index (κ1) is 13.5. The maximum Gasteiger partial charge on any atom is 0.248 e. The Morgan fingerprint density at radius 3 is 2.47 bits per heavy atom. The molecule has 0 radical (unpaired) electrons. The molecule has 2 aromatic rings. The summed E-state index contributed by atoms with van der Waals surface area (Å²) in [6, 6.07) is 11.6. The Hall–Kier alpha value is -1.88. The van der Waals surface area contributed by atoms with Gasteiger partial charge in [-0.2, -0.15) is 0 Å². The molecule has 2 aromatic carbocycles. The molecule has 0 aliphatic heterocycles. The van der Waals surface area contributed by atoms with Gasteiger partial charge >= 0.3 is 0 Å². The molecule has 0 aromatic heterocycles. The summed E-state index contributed by atoms with van der Waals surface area (Å²) in [6.07, 6.45) is 0. The Morgan fingerprint density at radius 1 is 1.21 bits per heavy atom. The Labute approximate surface area is 118 Å². The molecule has 0 saturated heterocycles. The van der Waals surface area contributed by atoms with Gasteiger partial charge in [-0.05, 0) is 36.4 Å². The molecule has 0 spiro atoms. The lowest BCUT2D eigenvalue weighted by Crippen LogP contribution is -2.10. The van der Waals surface area contributed by atoms with Crippen LogP contribution < -0.4 is 11.1 Å². The van der Waals surface area contributed by atoms with E-state index in [1.54, 1.807) is 36.4 Å². The van der Waals surface area contributed by atoms with Gasteiger partial charge in [0, 0.05) is 27.8 Å². The number of anilines is 1. The number of amides is 1. The van der Waals surface area contributed by atoms with Crippen molar-refractivity contribution in [3.05, 3.63) is 63.9 Å².